The highest BCUT2D eigenvalue weighted by atomic mass is 35.5. The number of piperazine rings is 1. The largest absolute Gasteiger partial charge is 0.375 e. The van der Waals surface area contributed by atoms with Crippen molar-refractivity contribution in [3.8, 4) is 0 Å². The van der Waals surface area contributed by atoms with Gasteiger partial charge in [-0.3, -0.25) is 9.69 Å². The molecule has 1 unspecified atom stereocenters. The molecule has 21 heavy (non-hydrogen) atoms. The summed E-state index contributed by atoms with van der Waals surface area (Å²) in [6.45, 7) is 7.58. The first-order valence-electron chi connectivity index (χ1n) is 7.64. The number of hydrogen-bond acceptors (Lipinski definition) is 4. The number of nitrogens with zero attached hydrogens (tertiary/aromatic N) is 2. The number of ether oxygens (including phenoxy) is 1. The molecule has 1 saturated carbocycles. The average Bonchev–Trinajstić information content (AvgIpc) is 3.25. The standard InChI is InChI=1S/C14H25N3O2.2ClH/c18-14(9-13-10-15-3-8-19-13)17-6-4-16(5-7-17)11-12-1-2-12;;/h12-13,15H,1-11H2;2*1H. The van der Waals surface area contributed by atoms with Crippen molar-refractivity contribution in [3.05, 3.63) is 0 Å². The van der Waals surface area contributed by atoms with E-state index in [1.54, 1.807) is 0 Å². The van der Waals surface area contributed by atoms with E-state index >= 15 is 0 Å². The van der Waals surface area contributed by atoms with E-state index < -0.39 is 0 Å². The van der Waals surface area contributed by atoms with Gasteiger partial charge in [0.25, 0.3) is 0 Å². The molecule has 124 valence electrons. The number of hydrogen-bond donors (Lipinski definition) is 1. The predicted octanol–water partition coefficient (Wildman–Crippen LogP) is 0.763. The van der Waals surface area contributed by atoms with Crippen LogP contribution in [0.4, 0.5) is 0 Å². The fraction of sp³-hybridized carbons (Fsp3) is 0.929. The lowest BCUT2D eigenvalue weighted by Crippen LogP contribution is -2.50. The Hall–Kier alpha value is -0.0700. The first kappa shape index (κ1) is 19.0. The lowest BCUT2D eigenvalue weighted by Gasteiger charge is -2.35. The van der Waals surface area contributed by atoms with E-state index in [4.69, 9.17) is 4.74 Å². The molecular formula is C14H27Cl2N3O2. The van der Waals surface area contributed by atoms with Crippen molar-refractivity contribution in [2.75, 3.05) is 52.4 Å². The normalized spacial score (nSPS) is 26.7. The maximum Gasteiger partial charge on any atom is 0.225 e. The van der Waals surface area contributed by atoms with Gasteiger partial charge >= 0.3 is 0 Å². The smallest absolute Gasteiger partial charge is 0.225 e. The van der Waals surface area contributed by atoms with Crippen LogP contribution in [0.2, 0.25) is 0 Å². The number of amides is 1. The van der Waals surface area contributed by atoms with Crippen molar-refractivity contribution in [2.45, 2.75) is 25.4 Å². The van der Waals surface area contributed by atoms with Gasteiger partial charge in [-0.15, -0.1) is 24.8 Å². The van der Waals surface area contributed by atoms with Crippen LogP contribution in [-0.4, -0.2) is 74.2 Å². The van der Waals surface area contributed by atoms with Crippen LogP contribution in [0, 0.1) is 5.92 Å². The molecule has 5 nitrogen and oxygen atoms in total. The van der Waals surface area contributed by atoms with E-state index in [9.17, 15) is 4.79 Å². The Kier molecular flexibility index (Phi) is 8.27. The molecule has 0 bridgehead atoms. The van der Waals surface area contributed by atoms with Gasteiger partial charge < -0.3 is 15.0 Å². The third-order valence-electron chi connectivity index (χ3n) is 4.35. The molecule has 3 fully saturated rings. The second-order valence-electron chi connectivity index (χ2n) is 6.03. The zero-order chi connectivity index (χ0) is 13.1. The van der Waals surface area contributed by atoms with Crippen LogP contribution in [0.1, 0.15) is 19.3 Å². The van der Waals surface area contributed by atoms with E-state index in [0.29, 0.717) is 6.42 Å². The Labute approximate surface area is 139 Å². The molecule has 2 aliphatic heterocycles. The monoisotopic (exact) mass is 339 g/mol. The first-order chi connectivity index (χ1) is 9.31. The third kappa shape index (κ3) is 5.91. The van der Waals surface area contributed by atoms with Gasteiger partial charge in [-0.05, 0) is 18.8 Å². The number of carbonyl (C=O) groups excluding carboxylic acids is 1. The Morgan fingerprint density at radius 2 is 1.86 bits per heavy atom. The van der Waals surface area contributed by atoms with Gasteiger partial charge in [0.2, 0.25) is 5.91 Å². The molecule has 1 amide bonds. The zero-order valence-corrected chi connectivity index (χ0v) is 14.1. The highest BCUT2D eigenvalue weighted by Crippen LogP contribution is 2.29. The molecule has 1 atom stereocenters. The molecule has 3 aliphatic rings. The Morgan fingerprint density at radius 3 is 2.43 bits per heavy atom. The lowest BCUT2D eigenvalue weighted by atomic mass is 10.2. The number of nitrogens with one attached hydrogen (secondary N) is 1. The zero-order valence-electron chi connectivity index (χ0n) is 12.5. The number of halogens is 2. The van der Waals surface area contributed by atoms with Crippen LogP contribution in [-0.2, 0) is 9.53 Å². The molecule has 1 aliphatic carbocycles. The molecule has 7 heteroatoms. The molecule has 3 rings (SSSR count). The number of rotatable bonds is 4. The summed E-state index contributed by atoms with van der Waals surface area (Å²) in [5, 5.41) is 3.27. The second-order valence-corrected chi connectivity index (χ2v) is 6.03. The van der Waals surface area contributed by atoms with Gasteiger partial charge in [-0.25, -0.2) is 0 Å². The molecular weight excluding hydrogens is 313 g/mol. The van der Waals surface area contributed by atoms with Crippen LogP contribution in [0.25, 0.3) is 0 Å². The van der Waals surface area contributed by atoms with E-state index in [1.807, 2.05) is 4.90 Å². The molecule has 2 heterocycles. The second kappa shape index (κ2) is 9.16. The Morgan fingerprint density at radius 1 is 1.14 bits per heavy atom. The molecule has 0 aromatic rings. The highest BCUT2D eigenvalue weighted by molar-refractivity contribution is 5.85. The van der Waals surface area contributed by atoms with E-state index in [-0.39, 0.29) is 36.8 Å². The van der Waals surface area contributed by atoms with Crippen molar-refractivity contribution in [1.29, 1.82) is 0 Å². The lowest BCUT2D eigenvalue weighted by molar-refractivity contribution is -0.136. The summed E-state index contributed by atoms with van der Waals surface area (Å²) in [6, 6.07) is 0. The summed E-state index contributed by atoms with van der Waals surface area (Å²) >= 11 is 0. The maximum atomic E-state index is 12.2. The summed E-state index contributed by atoms with van der Waals surface area (Å²) in [5.41, 5.74) is 0. The van der Waals surface area contributed by atoms with Crippen molar-refractivity contribution >= 4 is 30.7 Å². The number of carbonyl (C=O) groups is 1. The topological polar surface area (TPSA) is 44.8 Å². The van der Waals surface area contributed by atoms with Crippen molar-refractivity contribution in [3.63, 3.8) is 0 Å². The van der Waals surface area contributed by atoms with Crippen LogP contribution >= 0.6 is 24.8 Å². The molecule has 2 saturated heterocycles. The minimum absolute atomic E-state index is 0. The quantitative estimate of drug-likeness (QED) is 0.821. The maximum absolute atomic E-state index is 12.2. The van der Waals surface area contributed by atoms with E-state index in [0.717, 1.165) is 51.8 Å². The van der Waals surface area contributed by atoms with Crippen molar-refractivity contribution in [1.82, 2.24) is 15.1 Å². The minimum atomic E-state index is 0. The van der Waals surface area contributed by atoms with Gasteiger partial charge in [-0.2, -0.15) is 0 Å². The summed E-state index contributed by atoms with van der Waals surface area (Å²) in [5.74, 6) is 1.21. The fourth-order valence-electron chi connectivity index (χ4n) is 2.92. The Balaban J connectivity index is 0.00000110. The number of morpholine rings is 1. The average molecular weight is 340 g/mol. The summed E-state index contributed by atoms with van der Waals surface area (Å²) < 4.78 is 5.60. The summed E-state index contributed by atoms with van der Waals surface area (Å²) in [7, 11) is 0. The predicted molar refractivity (Wildman–Crippen MR) is 87.5 cm³/mol. The first-order valence-corrected chi connectivity index (χ1v) is 7.64. The van der Waals surface area contributed by atoms with E-state index in [1.165, 1.54) is 19.4 Å². The summed E-state index contributed by atoms with van der Waals surface area (Å²) in [6.07, 6.45) is 3.43. The van der Waals surface area contributed by atoms with Gasteiger partial charge in [-0.1, -0.05) is 0 Å². The highest BCUT2D eigenvalue weighted by Gasteiger charge is 2.28. The van der Waals surface area contributed by atoms with Gasteiger partial charge in [0, 0.05) is 45.8 Å². The molecule has 0 radical (unpaired) electrons. The molecule has 0 spiro atoms. The van der Waals surface area contributed by atoms with Crippen molar-refractivity contribution in [2.24, 2.45) is 5.92 Å². The molecule has 1 N–H and O–H groups in total. The summed E-state index contributed by atoms with van der Waals surface area (Å²) in [4.78, 5) is 16.7. The van der Waals surface area contributed by atoms with Crippen LogP contribution < -0.4 is 5.32 Å². The SMILES string of the molecule is Cl.Cl.O=C(CC1CNCCO1)N1CCN(CC2CC2)CC1. The molecule has 0 aromatic carbocycles. The van der Waals surface area contributed by atoms with Crippen LogP contribution in [0.15, 0.2) is 0 Å². The molecule has 0 aromatic heterocycles. The van der Waals surface area contributed by atoms with Gasteiger partial charge in [0.15, 0.2) is 0 Å². The van der Waals surface area contributed by atoms with Gasteiger partial charge in [0.05, 0.1) is 19.1 Å². The minimum Gasteiger partial charge on any atom is -0.375 e. The third-order valence-corrected chi connectivity index (χ3v) is 4.35. The Bertz CT molecular complexity index is 315. The van der Waals surface area contributed by atoms with Crippen LogP contribution in [0.3, 0.4) is 0 Å². The van der Waals surface area contributed by atoms with E-state index in [2.05, 4.69) is 10.2 Å². The van der Waals surface area contributed by atoms with Crippen molar-refractivity contribution < 1.29 is 9.53 Å². The van der Waals surface area contributed by atoms with Gasteiger partial charge in [0.1, 0.15) is 0 Å². The van der Waals surface area contributed by atoms with Crippen LogP contribution in [0.5, 0.6) is 0 Å². The fourth-order valence-corrected chi connectivity index (χ4v) is 2.92.